The van der Waals surface area contributed by atoms with E-state index in [2.05, 4.69) is 15.6 Å². The third-order valence-corrected chi connectivity index (χ3v) is 6.26. The molecule has 2 aliphatic rings. The average molecular weight is 431 g/mol. The highest BCUT2D eigenvalue weighted by Crippen LogP contribution is 2.30. The molecule has 1 aromatic heterocycles. The van der Waals surface area contributed by atoms with Gasteiger partial charge in [-0.2, -0.15) is 0 Å². The minimum atomic E-state index is -0.640. The topological polar surface area (TPSA) is 96.3 Å². The molecule has 1 saturated heterocycles. The maximum Gasteiger partial charge on any atom is 0.261 e. The number of hydrogen-bond donors (Lipinski definition) is 2. The monoisotopic (exact) mass is 431 g/mol. The van der Waals surface area contributed by atoms with Gasteiger partial charge >= 0.3 is 0 Å². The molecule has 3 aromatic rings. The van der Waals surface area contributed by atoms with E-state index in [9.17, 15) is 14.4 Å². The van der Waals surface area contributed by atoms with Gasteiger partial charge in [-0.15, -0.1) is 0 Å². The SMILES string of the molecule is O=C1NC2(CCCN(C(=O)CCCn3cnc4ccccc4c3=O)C2)Nc2ccccc21. The zero-order chi connectivity index (χ0) is 22.1. The van der Waals surface area contributed by atoms with Crippen molar-refractivity contribution in [1.29, 1.82) is 0 Å². The summed E-state index contributed by atoms with van der Waals surface area (Å²) in [5.74, 6) is -0.0855. The number of rotatable bonds is 4. The second kappa shape index (κ2) is 8.11. The summed E-state index contributed by atoms with van der Waals surface area (Å²) >= 11 is 0. The van der Waals surface area contributed by atoms with E-state index in [0.717, 1.165) is 18.5 Å². The number of nitrogens with zero attached hydrogens (tertiary/aromatic N) is 3. The number of piperidine rings is 1. The van der Waals surface area contributed by atoms with Crippen molar-refractivity contribution in [2.75, 3.05) is 18.4 Å². The van der Waals surface area contributed by atoms with Crippen molar-refractivity contribution in [1.82, 2.24) is 19.8 Å². The molecule has 0 aliphatic carbocycles. The van der Waals surface area contributed by atoms with Crippen LogP contribution in [0.3, 0.4) is 0 Å². The Hall–Kier alpha value is -3.68. The van der Waals surface area contributed by atoms with Gasteiger partial charge in [0.05, 0.1) is 29.3 Å². The summed E-state index contributed by atoms with van der Waals surface area (Å²) in [7, 11) is 0. The number of fused-ring (bicyclic) bond motifs is 2. The standard InChI is InChI=1S/C24H25N5O3/c30-21(11-5-13-29-16-25-19-9-3-2-8-18(19)23(29)32)28-14-6-12-24(15-28)26-20-10-4-1-7-17(20)22(31)27-24/h1-4,7-10,16,26H,5-6,11-15H2,(H,27,31). The predicted octanol–water partition coefficient (Wildman–Crippen LogP) is 2.35. The Bertz CT molecular complexity index is 1250. The first kappa shape index (κ1) is 20.2. The molecule has 8 nitrogen and oxygen atoms in total. The number of anilines is 1. The van der Waals surface area contributed by atoms with Crippen LogP contribution in [0.15, 0.2) is 59.7 Å². The summed E-state index contributed by atoms with van der Waals surface area (Å²) in [6, 6.07) is 14.7. The number of carbonyl (C=O) groups is 2. The summed E-state index contributed by atoms with van der Waals surface area (Å²) in [6.07, 6.45) is 3.99. The summed E-state index contributed by atoms with van der Waals surface area (Å²) < 4.78 is 1.56. The molecule has 32 heavy (non-hydrogen) atoms. The molecule has 0 bridgehead atoms. The van der Waals surface area contributed by atoms with Crippen LogP contribution in [0.2, 0.25) is 0 Å². The highest BCUT2D eigenvalue weighted by atomic mass is 16.2. The van der Waals surface area contributed by atoms with Gasteiger partial charge in [-0.25, -0.2) is 4.98 Å². The van der Waals surface area contributed by atoms with Crippen LogP contribution in [0, 0.1) is 0 Å². The van der Waals surface area contributed by atoms with E-state index in [0.29, 0.717) is 48.9 Å². The Morgan fingerprint density at radius 2 is 1.88 bits per heavy atom. The Labute approximate surface area is 185 Å². The number of aryl methyl sites for hydroxylation is 1. The number of hydrogen-bond acceptors (Lipinski definition) is 5. The van der Waals surface area contributed by atoms with Gasteiger partial charge in [-0.3, -0.25) is 19.0 Å². The number of carbonyl (C=O) groups excluding carboxylic acids is 2. The molecule has 0 saturated carbocycles. The van der Waals surface area contributed by atoms with Crippen LogP contribution in [-0.2, 0) is 11.3 Å². The van der Waals surface area contributed by atoms with Crippen molar-refractivity contribution in [2.24, 2.45) is 0 Å². The highest BCUT2D eigenvalue weighted by molar-refractivity contribution is 6.02. The third kappa shape index (κ3) is 3.72. The van der Waals surface area contributed by atoms with Crippen LogP contribution in [0.25, 0.3) is 10.9 Å². The van der Waals surface area contributed by atoms with Gasteiger partial charge in [0.2, 0.25) is 5.91 Å². The van der Waals surface area contributed by atoms with Crippen LogP contribution >= 0.6 is 0 Å². The number of para-hydroxylation sites is 2. The normalized spacial score (nSPS) is 20.0. The van der Waals surface area contributed by atoms with E-state index in [1.165, 1.54) is 0 Å². The van der Waals surface area contributed by atoms with Crippen molar-refractivity contribution in [3.8, 4) is 0 Å². The van der Waals surface area contributed by atoms with Crippen LogP contribution in [0.4, 0.5) is 5.69 Å². The second-order valence-corrected chi connectivity index (χ2v) is 8.49. The van der Waals surface area contributed by atoms with Gasteiger partial charge in [0.1, 0.15) is 5.66 Å². The zero-order valence-electron chi connectivity index (χ0n) is 17.7. The summed E-state index contributed by atoms with van der Waals surface area (Å²) in [4.78, 5) is 44.3. The molecule has 0 radical (unpaired) electrons. The third-order valence-electron chi connectivity index (χ3n) is 6.26. The zero-order valence-corrected chi connectivity index (χ0v) is 17.7. The molecular formula is C24H25N5O3. The first-order valence-electron chi connectivity index (χ1n) is 11.0. The molecule has 2 aromatic carbocycles. The lowest BCUT2D eigenvalue weighted by Gasteiger charge is -2.46. The molecule has 2 amide bonds. The largest absolute Gasteiger partial charge is 0.361 e. The fourth-order valence-corrected chi connectivity index (χ4v) is 4.66. The van der Waals surface area contributed by atoms with Crippen molar-refractivity contribution in [3.63, 3.8) is 0 Å². The molecule has 164 valence electrons. The molecule has 5 rings (SSSR count). The van der Waals surface area contributed by atoms with E-state index in [-0.39, 0.29) is 17.4 Å². The van der Waals surface area contributed by atoms with E-state index in [4.69, 9.17) is 0 Å². The number of amides is 2. The Morgan fingerprint density at radius 3 is 2.78 bits per heavy atom. The Balaban J connectivity index is 1.23. The van der Waals surface area contributed by atoms with Crippen LogP contribution in [-0.4, -0.2) is 45.0 Å². The van der Waals surface area contributed by atoms with Gasteiger partial charge in [0.25, 0.3) is 11.5 Å². The van der Waals surface area contributed by atoms with E-state index >= 15 is 0 Å². The van der Waals surface area contributed by atoms with Gasteiger partial charge < -0.3 is 15.5 Å². The summed E-state index contributed by atoms with van der Waals surface area (Å²) in [6.45, 7) is 1.52. The fourth-order valence-electron chi connectivity index (χ4n) is 4.66. The fraction of sp³-hybridized carbons (Fsp3) is 0.333. The molecule has 1 atom stereocenters. The molecule has 2 aliphatic heterocycles. The first-order chi connectivity index (χ1) is 15.5. The number of aromatic nitrogens is 2. The van der Waals surface area contributed by atoms with Crippen molar-refractivity contribution in [2.45, 2.75) is 37.9 Å². The van der Waals surface area contributed by atoms with E-state index < -0.39 is 5.66 Å². The van der Waals surface area contributed by atoms with Crippen LogP contribution < -0.4 is 16.2 Å². The molecular weight excluding hydrogens is 406 g/mol. The minimum absolute atomic E-state index is 0.0285. The molecule has 3 heterocycles. The lowest BCUT2D eigenvalue weighted by Crippen LogP contribution is -2.66. The molecule has 1 spiro atoms. The van der Waals surface area contributed by atoms with Gasteiger partial charge in [0, 0.05) is 25.2 Å². The first-order valence-corrected chi connectivity index (χ1v) is 11.0. The summed E-state index contributed by atoms with van der Waals surface area (Å²) in [5, 5.41) is 7.12. The van der Waals surface area contributed by atoms with Gasteiger partial charge in [0.15, 0.2) is 0 Å². The highest BCUT2D eigenvalue weighted by Gasteiger charge is 2.41. The summed E-state index contributed by atoms with van der Waals surface area (Å²) in [5.41, 5.74) is 1.36. The predicted molar refractivity (Wildman–Crippen MR) is 121 cm³/mol. The lowest BCUT2D eigenvalue weighted by molar-refractivity contribution is -0.133. The smallest absolute Gasteiger partial charge is 0.261 e. The quantitative estimate of drug-likeness (QED) is 0.661. The molecule has 8 heteroatoms. The lowest BCUT2D eigenvalue weighted by atomic mass is 9.93. The van der Waals surface area contributed by atoms with E-state index in [1.54, 1.807) is 23.0 Å². The molecule has 2 N–H and O–H groups in total. The number of benzene rings is 2. The van der Waals surface area contributed by atoms with Crippen LogP contribution in [0.1, 0.15) is 36.0 Å². The Morgan fingerprint density at radius 1 is 1.06 bits per heavy atom. The van der Waals surface area contributed by atoms with Crippen LogP contribution in [0.5, 0.6) is 0 Å². The maximum absolute atomic E-state index is 12.9. The van der Waals surface area contributed by atoms with Crippen molar-refractivity contribution in [3.05, 3.63) is 70.8 Å². The number of nitrogens with one attached hydrogen (secondary N) is 2. The van der Waals surface area contributed by atoms with Gasteiger partial charge in [-0.1, -0.05) is 24.3 Å². The minimum Gasteiger partial charge on any atom is -0.361 e. The van der Waals surface area contributed by atoms with Crippen molar-refractivity contribution >= 4 is 28.4 Å². The van der Waals surface area contributed by atoms with Crippen molar-refractivity contribution < 1.29 is 9.59 Å². The molecule has 1 fully saturated rings. The average Bonchev–Trinajstić information content (AvgIpc) is 2.80. The maximum atomic E-state index is 12.9. The number of likely N-dealkylation sites (tertiary alicyclic amines) is 1. The van der Waals surface area contributed by atoms with Gasteiger partial charge in [-0.05, 0) is 43.5 Å². The second-order valence-electron chi connectivity index (χ2n) is 8.49. The Kier molecular flexibility index (Phi) is 5.13. The molecule has 1 unspecified atom stereocenters. The van der Waals surface area contributed by atoms with E-state index in [1.807, 2.05) is 41.3 Å².